The van der Waals surface area contributed by atoms with Crippen LogP contribution in [0, 0.1) is 5.92 Å². The molecule has 19 nitrogen and oxygen atoms in total. The number of carboxylic acids is 1. The van der Waals surface area contributed by atoms with Crippen LogP contribution in [0.25, 0.3) is 10.9 Å². The summed E-state index contributed by atoms with van der Waals surface area (Å²) in [5.74, 6) is -3.14. The maximum atomic E-state index is 14.1. The summed E-state index contributed by atoms with van der Waals surface area (Å²) in [7, 11) is 1.43. The van der Waals surface area contributed by atoms with Crippen LogP contribution < -0.4 is 38.2 Å². The number of carboxylic acid groups (broad SMARTS) is 1. The Labute approximate surface area is 321 Å². The monoisotopic (exact) mass is 781 g/mol. The number of aromatic amines is 2. The van der Waals surface area contributed by atoms with Gasteiger partial charge >= 0.3 is 17.7 Å². The van der Waals surface area contributed by atoms with Gasteiger partial charge in [-0.3, -0.25) is 28.7 Å². The molecule has 1 aliphatic heterocycles. The number of fused-ring (bicyclic) bond motifs is 1. The minimum atomic E-state index is -1.36. The molecule has 3 aromatic rings. The van der Waals surface area contributed by atoms with Crippen molar-refractivity contribution in [1.82, 2.24) is 40.7 Å². The van der Waals surface area contributed by atoms with Crippen molar-refractivity contribution in [2.24, 2.45) is 11.7 Å². The molecule has 5 rings (SSSR count). The minimum Gasteiger partial charge on any atom is -0.480 e. The predicted molar refractivity (Wildman–Crippen MR) is 202 cm³/mol. The van der Waals surface area contributed by atoms with E-state index in [2.05, 4.69) is 31.2 Å². The molecule has 56 heavy (non-hydrogen) atoms. The zero-order chi connectivity index (χ0) is 40.5. The maximum absolute atomic E-state index is 14.1. The molecule has 1 saturated carbocycles. The molecule has 2 fully saturated rings. The van der Waals surface area contributed by atoms with E-state index in [4.69, 9.17) is 10.5 Å². The number of rotatable bonds is 16. The normalized spacial score (nSPS) is 20.7. The van der Waals surface area contributed by atoms with Crippen LogP contribution in [0.15, 0.2) is 52.3 Å². The third kappa shape index (κ3) is 10.4. The molecule has 5 amide bonds. The first-order valence-electron chi connectivity index (χ1n) is 18.8. The van der Waals surface area contributed by atoms with Crippen molar-refractivity contribution in [3.63, 3.8) is 0 Å². The van der Waals surface area contributed by atoms with Crippen molar-refractivity contribution >= 4 is 40.6 Å². The number of nitrogens with zero attached hydrogens (tertiary/aromatic N) is 2. The lowest BCUT2D eigenvalue weighted by atomic mass is 9.84. The van der Waals surface area contributed by atoms with Gasteiger partial charge in [0, 0.05) is 55.8 Å². The van der Waals surface area contributed by atoms with E-state index in [1.54, 1.807) is 13.1 Å². The Hall–Kier alpha value is -5.53. The van der Waals surface area contributed by atoms with Crippen molar-refractivity contribution in [3.8, 4) is 0 Å². The average molecular weight is 782 g/mol. The van der Waals surface area contributed by atoms with Gasteiger partial charge in [0.05, 0.1) is 18.7 Å². The highest BCUT2D eigenvalue weighted by Crippen LogP contribution is 2.29. The van der Waals surface area contributed by atoms with E-state index in [0.29, 0.717) is 5.56 Å². The maximum Gasteiger partial charge on any atom is 0.330 e. The zero-order valence-electron chi connectivity index (χ0n) is 31.4. The Kier molecular flexibility index (Phi) is 14.0. The molecular formula is C37H51N9O10. The smallest absolute Gasteiger partial charge is 0.330 e. The van der Waals surface area contributed by atoms with Crippen LogP contribution in [0.5, 0.6) is 0 Å². The summed E-state index contributed by atoms with van der Waals surface area (Å²) >= 11 is 0. The van der Waals surface area contributed by atoms with Gasteiger partial charge in [0.25, 0.3) is 5.56 Å². The molecule has 2 aliphatic rings. The van der Waals surface area contributed by atoms with E-state index in [1.165, 1.54) is 18.1 Å². The average Bonchev–Trinajstić information content (AvgIpc) is 3.77. The lowest BCUT2D eigenvalue weighted by Crippen LogP contribution is -2.62. The third-order valence-corrected chi connectivity index (χ3v) is 10.7. The number of likely N-dealkylation sites (N-methyl/N-ethyl adjacent to an activating group) is 1. The molecule has 4 unspecified atom stereocenters. The Morgan fingerprint density at radius 3 is 2.43 bits per heavy atom. The first-order valence-corrected chi connectivity index (χ1v) is 18.8. The van der Waals surface area contributed by atoms with Gasteiger partial charge in [-0.15, -0.1) is 0 Å². The van der Waals surface area contributed by atoms with Crippen molar-refractivity contribution < 1.29 is 38.9 Å². The minimum absolute atomic E-state index is 0.0226. The second kappa shape index (κ2) is 18.9. The van der Waals surface area contributed by atoms with Crippen LogP contribution in [0.4, 0.5) is 4.79 Å². The van der Waals surface area contributed by atoms with Crippen molar-refractivity contribution in [3.05, 3.63) is 69.1 Å². The Balaban J connectivity index is 1.30. The van der Waals surface area contributed by atoms with Crippen molar-refractivity contribution in [2.75, 3.05) is 20.1 Å². The second-order valence-corrected chi connectivity index (χ2v) is 14.5. The quantitative estimate of drug-likeness (QED) is 0.0886. The van der Waals surface area contributed by atoms with Gasteiger partial charge in [-0.2, -0.15) is 0 Å². The number of carbonyl (C=O) groups excluding carboxylic acids is 4. The lowest BCUT2D eigenvalue weighted by molar-refractivity contribution is -0.139. The van der Waals surface area contributed by atoms with Crippen molar-refractivity contribution in [1.29, 1.82) is 0 Å². The largest absolute Gasteiger partial charge is 0.480 e. The van der Waals surface area contributed by atoms with Crippen LogP contribution in [0.2, 0.25) is 0 Å². The number of hydrogen-bond acceptors (Lipinski definition) is 10. The van der Waals surface area contributed by atoms with Crippen LogP contribution in [0.3, 0.4) is 0 Å². The number of aliphatic hydroxyl groups excluding tert-OH is 1. The van der Waals surface area contributed by atoms with E-state index in [9.17, 15) is 43.8 Å². The standard InChI is InChI=1S/C37H51N9O10/c1-20(45(2)30(49)17-38)31(33(51)40-19-23-16-28(47)34(56-23)46-13-12-29(48)43-37(46)55)44-32(50)26(14-21-8-4-3-5-9-21)41-36(54)42-27(35(52)53)15-22-18-39-25-11-7-6-10-24(22)25/h6-7,10-13,18,20-21,23,26-28,31,34,39,47H,3-5,8-9,14-17,19,38H2,1-2H3,(H,40,51)(H,44,50)(H,52,53)(H2,41,42,54)(H,43,48,55)/t20?,23-,26?,27?,28-,31?,34-/m1/s1. The summed E-state index contributed by atoms with van der Waals surface area (Å²) < 4.78 is 6.86. The van der Waals surface area contributed by atoms with Gasteiger partial charge < -0.3 is 51.8 Å². The van der Waals surface area contributed by atoms with E-state index >= 15 is 0 Å². The summed E-state index contributed by atoms with van der Waals surface area (Å²) in [6, 6.07) is 2.78. The number of para-hydroxylation sites is 1. The summed E-state index contributed by atoms with van der Waals surface area (Å²) in [6.45, 7) is 1.03. The van der Waals surface area contributed by atoms with E-state index in [1.807, 2.05) is 24.3 Å². The van der Waals surface area contributed by atoms with E-state index < -0.39 is 83.6 Å². The Morgan fingerprint density at radius 2 is 1.73 bits per heavy atom. The molecule has 0 bridgehead atoms. The molecule has 10 N–H and O–H groups in total. The van der Waals surface area contributed by atoms with Crippen LogP contribution in [0.1, 0.15) is 63.7 Å². The number of aliphatic hydroxyl groups is 1. The number of nitrogens with two attached hydrogens (primary N) is 1. The van der Waals surface area contributed by atoms with Gasteiger partial charge in [-0.1, -0.05) is 50.3 Å². The predicted octanol–water partition coefficient (Wildman–Crippen LogP) is -0.593. The van der Waals surface area contributed by atoms with Gasteiger partial charge in [0.2, 0.25) is 17.7 Å². The summed E-state index contributed by atoms with van der Waals surface area (Å²) in [5, 5.41) is 32.0. The number of H-pyrrole nitrogens is 2. The summed E-state index contributed by atoms with van der Waals surface area (Å²) in [6.07, 6.45) is 4.60. The highest BCUT2D eigenvalue weighted by Gasteiger charge is 2.38. The van der Waals surface area contributed by atoms with Crippen LogP contribution in [-0.4, -0.2) is 116 Å². The van der Waals surface area contributed by atoms with Crippen LogP contribution in [-0.2, 0) is 30.3 Å². The number of amides is 5. The molecule has 1 aliphatic carbocycles. The number of hydrogen-bond donors (Lipinski definition) is 9. The second-order valence-electron chi connectivity index (χ2n) is 14.5. The number of aliphatic carboxylic acids is 1. The summed E-state index contributed by atoms with van der Waals surface area (Å²) in [4.78, 5) is 96.5. The van der Waals surface area contributed by atoms with Gasteiger partial charge in [-0.05, 0) is 30.9 Å². The molecule has 0 spiro atoms. The number of urea groups is 1. The molecular weight excluding hydrogens is 730 g/mol. The Morgan fingerprint density at radius 1 is 1.02 bits per heavy atom. The van der Waals surface area contributed by atoms with Gasteiger partial charge in [0.15, 0.2) is 6.23 Å². The molecule has 304 valence electrons. The SMILES string of the molecule is CC(C(NC(=O)C(CC1CCCCC1)NC(=O)NC(Cc1c[nH]c2ccccc12)C(=O)O)C(=O)NC[C@H]1C[C@@H](O)[C@H](n2ccc(=O)[nH]c2=O)O1)N(C)C(=O)CN. The van der Waals surface area contributed by atoms with Crippen molar-refractivity contribution in [2.45, 2.75) is 101 Å². The zero-order valence-corrected chi connectivity index (χ0v) is 31.4. The highest BCUT2D eigenvalue weighted by atomic mass is 16.5. The van der Waals surface area contributed by atoms with E-state index in [-0.39, 0.29) is 38.3 Å². The van der Waals surface area contributed by atoms with E-state index in [0.717, 1.165) is 53.6 Å². The number of nitrogens with one attached hydrogen (secondary N) is 6. The van der Waals surface area contributed by atoms with Gasteiger partial charge in [0.1, 0.15) is 24.2 Å². The fourth-order valence-electron chi connectivity index (χ4n) is 7.38. The third-order valence-electron chi connectivity index (χ3n) is 10.7. The molecule has 3 heterocycles. The molecule has 1 aromatic carbocycles. The summed E-state index contributed by atoms with van der Waals surface area (Å²) in [5.41, 5.74) is 5.69. The molecule has 0 radical (unpaired) electrons. The first kappa shape index (κ1) is 41.6. The van der Waals surface area contributed by atoms with Crippen LogP contribution >= 0.6 is 0 Å². The first-order chi connectivity index (χ1) is 26.7. The fourth-order valence-corrected chi connectivity index (χ4v) is 7.38. The topological polar surface area (TPSA) is 283 Å². The molecule has 2 aromatic heterocycles. The number of carbonyl (C=O) groups is 5. The fraction of sp³-hybridized carbons (Fsp3) is 0.541. The van der Waals surface area contributed by atoms with Gasteiger partial charge in [-0.25, -0.2) is 14.4 Å². The number of aromatic nitrogens is 3. The molecule has 1 saturated heterocycles. The number of benzene rings is 1. The molecule has 19 heteroatoms. The Bertz CT molecular complexity index is 1990. The number of ether oxygens (including phenoxy) is 1. The lowest BCUT2D eigenvalue weighted by Gasteiger charge is -2.33. The highest BCUT2D eigenvalue weighted by molar-refractivity contribution is 5.93. The molecule has 7 atom stereocenters.